The molecule has 0 aliphatic heterocycles. The molecule has 0 amide bonds. The van der Waals surface area contributed by atoms with E-state index in [1.165, 1.54) is 6.33 Å². The number of ether oxygens (including phenoxy) is 4. The standard InChI is InChI=1S/C22H23N3O4/c1-4-15-11-16(23)5-6-17(15)22-18-12-20(28-9-7-26-2)21(29-10-8-27-3)13-19(18)24-14-25-22/h1,5-6,11-14H,7-10,23H2,2-3H3. The number of anilines is 1. The van der Waals surface area contributed by atoms with Crippen molar-refractivity contribution in [2.45, 2.75) is 0 Å². The second kappa shape index (κ2) is 9.73. The molecule has 0 saturated heterocycles. The summed E-state index contributed by atoms with van der Waals surface area (Å²) < 4.78 is 21.8. The number of terminal acetylenes is 1. The van der Waals surface area contributed by atoms with Crippen LogP contribution in [-0.2, 0) is 9.47 Å². The van der Waals surface area contributed by atoms with Crippen LogP contribution >= 0.6 is 0 Å². The van der Waals surface area contributed by atoms with E-state index < -0.39 is 0 Å². The zero-order valence-corrected chi connectivity index (χ0v) is 16.5. The molecule has 0 spiro atoms. The SMILES string of the molecule is C#Cc1cc(N)ccc1-c1ncnc2cc(OCCOC)c(OCCOC)cc12. The van der Waals surface area contributed by atoms with Crippen molar-refractivity contribution in [3.8, 4) is 35.1 Å². The fourth-order valence-corrected chi connectivity index (χ4v) is 2.86. The first kappa shape index (κ1) is 20.4. The summed E-state index contributed by atoms with van der Waals surface area (Å²) >= 11 is 0. The highest BCUT2D eigenvalue weighted by Gasteiger charge is 2.15. The molecule has 0 atom stereocenters. The summed E-state index contributed by atoms with van der Waals surface area (Å²) in [5.41, 5.74) is 9.33. The van der Waals surface area contributed by atoms with Crippen LogP contribution in [0.3, 0.4) is 0 Å². The van der Waals surface area contributed by atoms with Gasteiger partial charge in [0, 0.05) is 42.5 Å². The summed E-state index contributed by atoms with van der Waals surface area (Å²) in [6.07, 6.45) is 7.18. The molecule has 0 unspecified atom stereocenters. The smallest absolute Gasteiger partial charge is 0.163 e. The maximum atomic E-state index is 5.88. The predicted molar refractivity (Wildman–Crippen MR) is 112 cm³/mol. The number of hydrogen-bond acceptors (Lipinski definition) is 7. The van der Waals surface area contributed by atoms with Crippen molar-refractivity contribution in [3.63, 3.8) is 0 Å². The minimum atomic E-state index is 0.378. The normalized spacial score (nSPS) is 10.7. The number of rotatable bonds is 9. The van der Waals surface area contributed by atoms with Gasteiger partial charge < -0.3 is 24.7 Å². The van der Waals surface area contributed by atoms with E-state index in [-0.39, 0.29) is 0 Å². The third-order valence-electron chi connectivity index (χ3n) is 4.25. The molecule has 0 radical (unpaired) electrons. The molecule has 1 aromatic heterocycles. The monoisotopic (exact) mass is 393 g/mol. The van der Waals surface area contributed by atoms with E-state index in [1.807, 2.05) is 18.2 Å². The Morgan fingerprint density at radius 1 is 0.931 bits per heavy atom. The molecule has 0 aliphatic carbocycles. The van der Waals surface area contributed by atoms with Gasteiger partial charge in [0.1, 0.15) is 19.5 Å². The molecule has 7 nitrogen and oxygen atoms in total. The van der Waals surface area contributed by atoms with Gasteiger partial charge in [0.15, 0.2) is 11.5 Å². The lowest BCUT2D eigenvalue weighted by atomic mass is 10.0. The van der Waals surface area contributed by atoms with E-state index in [2.05, 4.69) is 15.9 Å². The first-order chi connectivity index (χ1) is 14.2. The van der Waals surface area contributed by atoms with Crippen LogP contribution in [0.15, 0.2) is 36.7 Å². The Bertz CT molecular complexity index is 1030. The molecule has 3 aromatic rings. The third-order valence-corrected chi connectivity index (χ3v) is 4.25. The van der Waals surface area contributed by atoms with E-state index in [9.17, 15) is 0 Å². The number of aromatic nitrogens is 2. The molecule has 2 aromatic carbocycles. The summed E-state index contributed by atoms with van der Waals surface area (Å²) in [5.74, 6) is 3.82. The van der Waals surface area contributed by atoms with Gasteiger partial charge in [0.2, 0.25) is 0 Å². The molecular formula is C22H23N3O4. The fourth-order valence-electron chi connectivity index (χ4n) is 2.86. The van der Waals surface area contributed by atoms with E-state index in [0.717, 1.165) is 10.9 Å². The highest BCUT2D eigenvalue weighted by Crippen LogP contribution is 2.36. The average molecular weight is 393 g/mol. The minimum absolute atomic E-state index is 0.378. The first-order valence-corrected chi connectivity index (χ1v) is 9.06. The molecule has 29 heavy (non-hydrogen) atoms. The molecule has 2 N–H and O–H groups in total. The number of methoxy groups -OCH3 is 2. The predicted octanol–water partition coefficient (Wildman–Crippen LogP) is 2.91. The Hall–Kier alpha value is -3.34. The van der Waals surface area contributed by atoms with Gasteiger partial charge in [-0.1, -0.05) is 5.92 Å². The number of fused-ring (bicyclic) bond motifs is 1. The molecule has 0 bridgehead atoms. The fraction of sp³-hybridized carbons (Fsp3) is 0.273. The van der Waals surface area contributed by atoms with E-state index >= 15 is 0 Å². The molecule has 0 aliphatic rings. The van der Waals surface area contributed by atoms with Crippen molar-refractivity contribution in [1.82, 2.24) is 9.97 Å². The van der Waals surface area contributed by atoms with Gasteiger partial charge in [-0.05, 0) is 24.3 Å². The van der Waals surface area contributed by atoms with Gasteiger partial charge in [-0.2, -0.15) is 0 Å². The quantitative estimate of drug-likeness (QED) is 0.340. The Labute approximate surface area is 169 Å². The van der Waals surface area contributed by atoms with Crippen molar-refractivity contribution >= 4 is 16.6 Å². The van der Waals surface area contributed by atoms with Gasteiger partial charge in [-0.3, -0.25) is 0 Å². The Kier molecular flexibility index (Phi) is 6.85. The molecule has 150 valence electrons. The van der Waals surface area contributed by atoms with Gasteiger partial charge in [-0.15, -0.1) is 6.42 Å². The van der Waals surface area contributed by atoms with Crippen molar-refractivity contribution in [2.75, 3.05) is 46.4 Å². The number of hydrogen-bond donors (Lipinski definition) is 1. The van der Waals surface area contributed by atoms with E-state index in [1.54, 1.807) is 26.4 Å². The van der Waals surface area contributed by atoms with Crippen molar-refractivity contribution in [2.24, 2.45) is 0 Å². The second-order valence-electron chi connectivity index (χ2n) is 6.17. The van der Waals surface area contributed by atoms with Crippen LogP contribution in [0, 0.1) is 12.3 Å². The summed E-state index contributed by atoms with van der Waals surface area (Å²) in [6.45, 7) is 1.68. The van der Waals surface area contributed by atoms with E-state index in [0.29, 0.717) is 60.4 Å². The van der Waals surface area contributed by atoms with Crippen molar-refractivity contribution in [1.29, 1.82) is 0 Å². The van der Waals surface area contributed by atoms with Crippen LogP contribution < -0.4 is 15.2 Å². The Morgan fingerprint density at radius 2 is 1.62 bits per heavy atom. The van der Waals surface area contributed by atoms with Gasteiger partial charge in [-0.25, -0.2) is 9.97 Å². The lowest BCUT2D eigenvalue weighted by molar-refractivity contribution is 0.132. The highest BCUT2D eigenvalue weighted by atomic mass is 16.5. The van der Waals surface area contributed by atoms with Gasteiger partial charge in [0.05, 0.1) is 24.4 Å². The highest BCUT2D eigenvalue weighted by molar-refractivity contribution is 5.95. The van der Waals surface area contributed by atoms with Crippen LogP contribution in [0.5, 0.6) is 11.5 Å². The molecular weight excluding hydrogens is 370 g/mol. The van der Waals surface area contributed by atoms with Crippen LogP contribution in [0.1, 0.15) is 5.56 Å². The van der Waals surface area contributed by atoms with Crippen LogP contribution in [-0.4, -0.2) is 50.6 Å². The minimum Gasteiger partial charge on any atom is -0.487 e. The van der Waals surface area contributed by atoms with Crippen LogP contribution in [0.4, 0.5) is 5.69 Å². The van der Waals surface area contributed by atoms with Crippen molar-refractivity contribution in [3.05, 3.63) is 42.2 Å². The Morgan fingerprint density at radius 3 is 2.28 bits per heavy atom. The summed E-state index contributed by atoms with van der Waals surface area (Å²) in [5, 5.41) is 0.792. The molecule has 1 heterocycles. The van der Waals surface area contributed by atoms with Crippen LogP contribution in [0.2, 0.25) is 0 Å². The third kappa shape index (κ3) is 4.74. The lowest BCUT2D eigenvalue weighted by Crippen LogP contribution is -2.09. The largest absolute Gasteiger partial charge is 0.487 e. The zero-order valence-electron chi connectivity index (χ0n) is 16.5. The Balaban J connectivity index is 2.11. The molecule has 0 saturated carbocycles. The second-order valence-corrected chi connectivity index (χ2v) is 6.17. The van der Waals surface area contributed by atoms with Gasteiger partial charge >= 0.3 is 0 Å². The maximum absolute atomic E-state index is 5.88. The number of nitrogens with zero attached hydrogens (tertiary/aromatic N) is 2. The number of benzene rings is 2. The van der Waals surface area contributed by atoms with Gasteiger partial charge in [0.25, 0.3) is 0 Å². The molecule has 7 heteroatoms. The summed E-state index contributed by atoms with van der Waals surface area (Å²) in [7, 11) is 3.24. The lowest BCUT2D eigenvalue weighted by Gasteiger charge is -2.15. The molecule has 0 fully saturated rings. The topological polar surface area (TPSA) is 88.7 Å². The number of nitrogen functional groups attached to an aromatic ring is 1. The maximum Gasteiger partial charge on any atom is 0.163 e. The van der Waals surface area contributed by atoms with E-state index in [4.69, 9.17) is 31.1 Å². The summed E-state index contributed by atoms with van der Waals surface area (Å²) in [4.78, 5) is 8.86. The first-order valence-electron chi connectivity index (χ1n) is 9.06. The number of nitrogens with two attached hydrogens (primary N) is 1. The zero-order chi connectivity index (χ0) is 20.6. The summed E-state index contributed by atoms with van der Waals surface area (Å²) in [6, 6.07) is 9.09. The molecule has 3 rings (SSSR count). The average Bonchev–Trinajstić information content (AvgIpc) is 2.74. The van der Waals surface area contributed by atoms with Crippen molar-refractivity contribution < 1.29 is 18.9 Å². The van der Waals surface area contributed by atoms with Crippen LogP contribution in [0.25, 0.3) is 22.2 Å².